The van der Waals surface area contributed by atoms with Crippen LogP contribution in [0.25, 0.3) is 0 Å². The molecule has 1 atom stereocenters. The minimum Gasteiger partial charge on any atom is -0.495 e. The summed E-state index contributed by atoms with van der Waals surface area (Å²) >= 11 is 0. The zero-order valence-electron chi connectivity index (χ0n) is 11.3. The van der Waals surface area contributed by atoms with Crippen LogP contribution in [0.1, 0.15) is 0 Å². The number of nitrogens with two attached hydrogens (primary N) is 1. The third-order valence-electron chi connectivity index (χ3n) is 3.98. The van der Waals surface area contributed by atoms with Crippen LogP contribution in [-0.2, 0) is 4.74 Å². The SMILES string of the molecule is COc1cc(N)ccc1N1CCN2CCOC[C@@H]2C1. The van der Waals surface area contributed by atoms with Gasteiger partial charge in [0.05, 0.1) is 32.1 Å². The van der Waals surface area contributed by atoms with Gasteiger partial charge in [-0.05, 0) is 12.1 Å². The van der Waals surface area contributed by atoms with Gasteiger partial charge in [0.2, 0.25) is 0 Å². The molecule has 2 heterocycles. The maximum atomic E-state index is 5.81. The van der Waals surface area contributed by atoms with Crippen LogP contribution in [0.15, 0.2) is 18.2 Å². The molecule has 0 bridgehead atoms. The summed E-state index contributed by atoms with van der Waals surface area (Å²) in [4.78, 5) is 4.89. The molecule has 2 saturated heterocycles. The summed E-state index contributed by atoms with van der Waals surface area (Å²) in [5, 5.41) is 0. The number of benzene rings is 1. The fourth-order valence-corrected chi connectivity index (χ4v) is 2.92. The number of morpholine rings is 1. The van der Waals surface area contributed by atoms with Gasteiger partial charge in [-0.1, -0.05) is 0 Å². The Morgan fingerprint density at radius 1 is 1.32 bits per heavy atom. The molecule has 0 aromatic heterocycles. The summed E-state index contributed by atoms with van der Waals surface area (Å²) in [5.74, 6) is 0.852. The zero-order chi connectivity index (χ0) is 13.2. The fraction of sp³-hybridized carbons (Fsp3) is 0.571. The molecular weight excluding hydrogens is 242 g/mol. The molecule has 0 radical (unpaired) electrons. The second kappa shape index (κ2) is 5.27. The molecule has 2 fully saturated rings. The average Bonchev–Trinajstić information content (AvgIpc) is 2.46. The van der Waals surface area contributed by atoms with Crippen LogP contribution in [0.2, 0.25) is 0 Å². The lowest BCUT2D eigenvalue weighted by Crippen LogP contribution is -2.58. The lowest BCUT2D eigenvalue weighted by Gasteiger charge is -2.44. The molecule has 2 aliphatic rings. The number of fused-ring (bicyclic) bond motifs is 1. The summed E-state index contributed by atoms with van der Waals surface area (Å²) in [6, 6.07) is 6.36. The topological polar surface area (TPSA) is 51.0 Å². The maximum absolute atomic E-state index is 5.81. The summed E-state index contributed by atoms with van der Waals surface area (Å²) in [6.07, 6.45) is 0. The van der Waals surface area contributed by atoms with Crippen LogP contribution in [0.3, 0.4) is 0 Å². The van der Waals surface area contributed by atoms with E-state index in [1.807, 2.05) is 18.2 Å². The number of hydrogen-bond acceptors (Lipinski definition) is 5. The number of methoxy groups -OCH3 is 1. The Morgan fingerprint density at radius 3 is 3.05 bits per heavy atom. The Morgan fingerprint density at radius 2 is 2.21 bits per heavy atom. The molecule has 1 aromatic carbocycles. The molecule has 2 aliphatic heterocycles. The number of piperazine rings is 1. The molecule has 0 amide bonds. The van der Waals surface area contributed by atoms with Gasteiger partial charge in [-0.25, -0.2) is 0 Å². The van der Waals surface area contributed by atoms with E-state index in [-0.39, 0.29) is 0 Å². The van der Waals surface area contributed by atoms with Crippen molar-refractivity contribution in [2.24, 2.45) is 0 Å². The van der Waals surface area contributed by atoms with E-state index in [0.29, 0.717) is 6.04 Å². The van der Waals surface area contributed by atoms with Crippen molar-refractivity contribution >= 4 is 11.4 Å². The number of ether oxygens (including phenoxy) is 2. The largest absolute Gasteiger partial charge is 0.495 e. The normalized spacial score (nSPS) is 24.1. The van der Waals surface area contributed by atoms with Gasteiger partial charge < -0.3 is 20.1 Å². The predicted molar refractivity (Wildman–Crippen MR) is 75.8 cm³/mol. The van der Waals surface area contributed by atoms with Crippen molar-refractivity contribution in [3.05, 3.63) is 18.2 Å². The summed E-state index contributed by atoms with van der Waals surface area (Å²) in [5.41, 5.74) is 7.68. The standard InChI is InChI=1S/C14H21N3O2/c1-18-14-8-11(15)2-3-13(14)17-5-4-16-6-7-19-10-12(16)9-17/h2-3,8,12H,4-7,9-10,15H2,1H3/t12-/m0/s1. The molecule has 5 heteroatoms. The van der Waals surface area contributed by atoms with Gasteiger partial charge in [-0.2, -0.15) is 0 Å². The van der Waals surface area contributed by atoms with Gasteiger partial charge in [0.1, 0.15) is 5.75 Å². The van der Waals surface area contributed by atoms with Crippen molar-refractivity contribution in [1.29, 1.82) is 0 Å². The number of hydrogen-bond donors (Lipinski definition) is 1. The van der Waals surface area contributed by atoms with Crippen molar-refractivity contribution in [3.8, 4) is 5.75 Å². The Balaban J connectivity index is 1.79. The van der Waals surface area contributed by atoms with Gasteiger partial charge in [-0.3, -0.25) is 4.90 Å². The highest BCUT2D eigenvalue weighted by Crippen LogP contribution is 2.32. The van der Waals surface area contributed by atoms with Crippen LogP contribution in [0, 0.1) is 0 Å². The van der Waals surface area contributed by atoms with Crippen LogP contribution in [0.4, 0.5) is 11.4 Å². The molecule has 19 heavy (non-hydrogen) atoms. The minimum atomic E-state index is 0.491. The molecule has 5 nitrogen and oxygen atoms in total. The average molecular weight is 263 g/mol. The second-order valence-corrected chi connectivity index (χ2v) is 5.14. The van der Waals surface area contributed by atoms with E-state index in [1.165, 1.54) is 0 Å². The van der Waals surface area contributed by atoms with Gasteiger partial charge in [0.25, 0.3) is 0 Å². The van der Waals surface area contributed by atoms with E-state index in [1.54, 1.807) is 7.11 Å². The smallest absolute Gasteiger partial charge is 0.144 e. The first-order chi connectivity index (χ1) is 9.28. The lowest BCUT2D eigenvalue weighted by molar-refractivity contribution is -0.0117. The highest BCUT2D eigenvalue weighted by molar-refractivity contribution is 5.64. The van der Waals surface area contributed by atoms with Gasteiger partial charge in [-0.15, -0.1) is 0 Å². The van der Waals surface area contributed by atoms with Crippen LogP contribution in [0.5, 0.6) is 5.75 Å². The molecule has 0 saturated carbocycles. The zero-order valence-corrected chi connectivity index (χ0v) is 11.3. The summed E-state index contributed by atoms with van der Waals surface area (Å²) in [7, 11) is 1.69. The number of rotatable bonds is 2. The number of nitrogens with zero attached hydrogens (tertiary/aromatic N) is 2. The number of nitrogen functional groups attached to an aromatic ring is 1. The molecule has 0 aliphatic carbocycles. The third-order valence-corrected chi connectivity index (χ3v) is 3.98. The molecule has 2 N–H and O–H groups in total. The third kappa shape index (κ3) is 2.48. The summed E-state index contributed by atoms with van der Waals surface area (Å²) < 4.78 is 11.0. The van der Waals surface area contributed by atoms with E-state index in [0.717, 1.165) is 56.5 Å². The lowest BCUT2D eigenvalue weighted by atomic mass is 10.1. The van der Waals surface area contributed by atoms with E-state index < -0.39 is 0 Å². The Labute approximate surface area is 113 Å². The second-order valence-electron chi connectivity index (χ2n) is 5.14. The van der Waals surface area contributed by atoms with Gasteiger partial charge in [0, 0.05) is 37.9 Å². The van der Waals surface area contributed by atoms with Crippen LogP contribution < -0.4 is 15.4 Å². The molecule has 0 spiro atoms. The van der Waals surface area contributed by atoms with Crippen molar-refractivity contribution in [2.45, 2.75) is 6.04 Å². The van der Waals surface area contributed by atoms with Gasteiger partial charge in [0.15, 0.2) is 0 Å². The first-order valence-electron chi connectivity index (χ1n) is 6.78. The van der Waals surface area contributed by atoms with Crippen molar-refractivity contribution in [2.75, 3.05) is 57.1 Å². The van der Waals surface area contributed by atoms with Crippen LogP contribution in [-0.4, -0.2) is 57.4 Å². The summed E-state index contributed by atoms with van der Waals surface area (Å²) in [6.45, 7) is 5.84. The molecular formula is C14H21N3O2. The quantitative estimate of drug-likeness (QED) is 0.800. The van der Waals surface area contributed by atoms with E-state index in [4.69, 9.17) is 15.2 Å². The van der Waals surface area contributed by atoms with Crippen LogP contribution >= 0.6 is 0 Å². The van der Waals surface area contributed by atoms with E-state index in [2.05, 4.69) is 9.80 Å². The first-order valence-corrected chi connectivity index (χ1v) is 6.78. The highest BCUT2D eigenvalue weighted by atomic mass is 16.5. The van der Waals surface area contributed by atoms with E-state index >= 15 is 0 Å². The molecule has 0 unspecified atom stereocenters. The molecule has 1 aromatic rings. The van der Waals surface area contributed by atoms with Crippen molar-refractivity contribution < 1.29 is 9.47 Å². The minimum absolute atomic E-state index is 0.491. The predicted octanol–water partition coefficient (Wildman–Crippen LogP) is 0.798. The molecule has 104 valence electrons. The molecule has 3 rings (SSSR count). The number of anilines is 2. The van der Waals surface area contributed by atoms with Gasteiger partial charge >= 0.3 is 0 Å². The Hall–Kier alpha value is -1.46. The maximum Gasteiger partial charge on any atom is 0.144 e. The fourth-order valence-electron chi connectivity index (χ4n) is 2.92. The van der Waals surface area contributed by atoms with Crippen molar-refractivity contribution in [3.63, 3.8) is 0 Å². The highest BCUT2D eigenvalue weighted by Gasteiger charge is 2.30. The first kappa shape index (κ1) is 12.6. The Bertz CT molecular complexity index is 452. The van der Waals surface area contributed by atoms with Crippen molar-refractivity contribution in [1.82, 2.24) is 4.90 Å². The monoisotopic (exact) mass is 263 g/mol. The Kier molecular flexibility index (Phi) is 3.48. The van der Waals surface area contributed by atoms with E-state index in [9.17, 15) is 0 Å².